The number of carbonyl (C=O) groups is 1. The summed E-state index contributed by atoms with van der Waals surface area (Å²) in [5.41, 5.74) is 1.71. The second-order valence-corrected chi connectivity index (χ2v) is 5.99. The van der Waals surface area contributed by atoms with Gasteiger partial charge in [-0.3, -0.25) is 9.78 Å². The SMILES string of the molecule is O=C(NCCc1ccc(-c2cccnc2)cc1)c1ccccc1C(F)(F)F. The van der Waals surface area contributed by atoms with Crippen LogP contribution in [0, 0.1) is 0 Å². The van der Waals surface area contributed by atoms with E-state index in [0.29, 0.717) is 6.42 Å². The van der Waals surface area contributed by atoms with Crippen LogP contribution in [0.1, 0.15) is 21.5 Å². The van der Waals surface area contributed by atoms with Crippen LogP contribution in [0.3, 0.4) is 0 Å². The van der Waals surface area contributed by atoms with E-state index in [-0.39, 0.29) is 12.1 Å². The van der Waals surface area contributed by atoms with Gasteiger partial charge in [0.2, 0.25) is 0 Å². The van der Waals surface area contributed by atoms with Crippen molar-refractivity contribution in [2.45, 2.75) is 12.6 Å². The van der Waals surface area contributed by atoms with Gasteiger partial charge in [-0.2, -0.15) is 13.2 Å². The second kappa shape index (κ2) is 8.03. The maximum absolute atomic E-state index is 13.0. The van der Waals surface area contributed by atoms with Crippen LogP contribution in [0.25, 0.3) is 11.1 Å². The maximum atomic E-state index is 13.0. The lowest BCUT2D eigenvalue weighted by Crippen LogP contribution is -2.28. The third kappa shape index (κ3) is 4.73. The smallest absolute Gasteiger partial charge is 0.352 e. The molecule has 0 aliphatic carbocycles. The van der Waals surface area contributed by atoms with Gasteiger partial charge >= 0.3 is 6.18 Å². The van der Waals surface area contributed by atoms with Crippen LogP contribution < -0.4 is 5.32 Å². The number of benzene rings is 2. The number of nitrogens with one attached hydrogen (secondary N) is 1. The Morgan fingerprint density at radius 1 is 0.926 bits per heavy atom. The maximum Gasteiger partial charge on any atom is 0.417 e. The molecule has 1 amide bonds. The molecule has 0 bridgehead atoms. The number of pyridine rings is 1. The molecule has 0 unspecified atom stereocenters. The Hall–Kier alpha value is -3.15. The summed E-state index contributed by atoms with van der Waals surface area (Å²) in [5.74, 6) is -0.727. The number of carbonyl (C=O) groups excluding carboxylic acids is 1. The van der Waals surface area contributed by atoms with Gasteiger partial charge in [-0.15, -0.1) is 0 Å². The lowest BCUT2D eigenvalue weighted by atomic mass is 10.0. The molecule has 2 aromatic carbocycles. The molecule has 3 aromatic rings. The minimum absolute atomic E-state index is 0.247. The van der Waals surface area contributed by atoms with Gasteiger partial charge in [0.05, 0.1) is 11.1 Å². The summed E-state index contributed by atoms with van der Waals surface area (Å²) in [5, 5.41) is 2.56. The molecule has 0 aliphatic heterocycles. The highest BCUT2D eigenvalue weighted by Gasteiger charge is 2.34. The van der Waals surface area contributed by atoms with Gasteiger partial charge in [-0.25, -0.2) is 0 Å². The molecule has 0 saturated heterocycles. The van der Waals surface area contributed by atoms with E-state index >= 15 is 0 Å². The van der Waals surface area contributed by atoms with Crippen molar-refractivity contribution in [1.29, 1.82) is 0 Å². The van der Waals surface area contributed by atoms with E-state index in [1.165, 1.54) is 18.2 Å². The predicted octanol–water partition coefficient (Wildman–Crippen LogP) is 4.74. The van der Waals surface area contributed by atoms with Crippen molar-refractivity contribution in [3.63, 3.8) is 0 Å². The number of rotatable bonds is 5. The first kappa shape index (κ1) is 18.6. The van der Waals surface area contributed by atoms with Crippen molar-refractivity contribution in [1.82, 2.24) is 10.3 Å². The fourth-order valence-electron chi connectivity index (χ4n) is 2.74. The minimum Gasteiger partial charge on any atom is -0.352 e. The summed E-state index contributed by atoms with van der Waals surface area (Å²) in [6.07, 6.45) is -0.561. The molecule has 3 rings (SSSR count). The highest BCUT2D eigenvalue weighted by atomic mass is 19.4. The summed E-state index contributed by atoms with van der Waals surface area (Å²) in [6.45, 7) is 0.247. The number of halogens is 3. The van der Waals surface area contributed by atoms with Gasteiger partial charge in [0.15, 0.2) is 0 Å². The molecular weight excluding hydrogens is 353 g/mol. The van der Waals surface area contributed by atoms with Gasteiger partial charge in [0.1, 0.15) is 0 Å². The molecule has 0 saturated carbocycles. The third-order valence-electron chi connectivity index (χ3n) is 4.13. The molecule has 138 valence electrons. The van der Waals surface area contributed by atoms with E-state index in [9.17, 15) is 18.0 Å². The zero-order valence-corrected chi connectivity index (χ0v) is 14.3. The molecule has 1 N–H and O–H groups in total. The van der Waals surface area contributed by atoms with Crippen LogP contribution in [0.15, 0.2) is 73.1 Å². The summed E-state index contributed by atoms with van der Waals surface area (Å²) in [6, 6.07) is 16.4. The molecule has 0 radical (unpaired) electrons. The normalized spacial score (nSPS) is 11.2. The first-order chi connectivity index (χ1) is 12.9. The van der Waals surface area contributed by atoms with Crippen LogP contribution in [0.2, 0.25) is 0 Å². The van der Waals surface area contributed by atoms with Crippen molar-refractivity contribution in [3.8, 4) is 11.1 Å². The summed E-state index contributed by atoms with van der Waals surface area (Å²) in [4.78, 5) is 16.2. The average Bonchev–Trinajstić information content (AvgIpc) is 2.68. The first-order valence-corrected chi connectivity index (χ1v) is 8.39. The van der Waals surface area contributed by atoms with E-state index in [2.05, 4.69) is 10.3 Å². The second-order valence-electron chi connectivity index (χ2n) is 5.99. The standard InChI is InChI=1S/C21H17F3N2O/c22-21(23,24)19-6-2-1-5-18(19)20(27)26-13-11-15-7-9-16(10-8-15)17-4-3-12-25-14-17/h1-10,12,14H,11,13H2,(H,26,27). The highest BCUT2D eigenvalue weighted by molar-refractivity contribution is 5.95. The number of hydrogen-bond donors (Lipinski definition) is 1. The molecule has 3 nitrogen and oxygen atoms in total. The first-order valence-electron chi connectivity index (χ1n) is 8.39. The molecule has 0 atom stereocenters. The highest BCUT2D eigenvalue weighted by Crippen LogP contribution is 2.31. The summed E-state index contributed by atoms with van der Waals surface area (Å²) >= 11 is 0. The zero-order valence-electron chi connectivity index (χ0n) is 14.3. The Balaban J connectivity index is 1.60. The summed E-state index contributed by atoms with van der Waals surface area (Å²) in [7, 11) is 0. The fourth-order valence-corrected chi connectivity index (χ4v) is 2.74. The Morgan fingerprint density at radius 3 is 2.33 bits per heavy atom. The molecule has 0 spiro atoms. The van der Waals surface area contributed by atoms with Gasteiger partial charge in [0.25, 0.3) is 5.91 Å². The van der Waals surface area contributed by atoms with Crippen molar-refractivity contribution in [2.24, 2.45) is 0 Å². The number of nitrogens with zero attached hydrogens (tertiary/aromatic N) is 1. The van der Waals surface area contributed by atoms with Crippen molar-refractivity contribution in [3.05, 3.63) is 89.7 Å². The molecule has 0 aliphatic rings. The minimum atomic E-state index is -4.56. The van der Waals surface area contributed by atoms with E-state index in [1.54, 1.807) is 12.4 Å². The van der Waals surface area contributed by atoms with Crippen LogP contribution in [-0.4, -0.2) is 17.4 Å². The van der Waals surface area contributed by atoms with Crippen LogP contribution >= 0.6 is 0 Å². The topological polar surface area (TPSA) is 42.0 Å². The van der Waals surface area contributed by atoms with E-state index in [0.717, 1.165) is 22.8 Å². The number of aromatic nitrogens is 1. The average molecular weight is 370 g/mol. The van der Waals surface area contributed by atoms with E-state index in [1.807, 2.05) is 36.4 Å². The van der Waals surface area contributed by atoms with Crippen molar-refractivity contribution in [2.75, 3.05) is 6.54 Å². The summed E-state index contributed by atoms with van der Waals surface area (Å²) < 4.78 is 39.0. The Kier molecular flexibility index (Phi) is 5.54. The largest absolute Gasteiger partial charge is 0.417 e. The molecule has 6 heteroatoms. The van der Waals surface area contributed by atoms with Crippen LogP contribution in [0.5, 0.6) is 0 Å². The van der Waals surface area contributed by atoms with E-state index < -0.39 is 17.6 Å². The van der Waals surface area contributed by atoms with Gasteiger partial charge in [0, 0.05) is 18.9 Å². The van der Waals surface area contributed by atoms with Crippen LogP contribution in [0.4, 0.5) is 13.2 Å². The quantitative estimate of drug-likeness (QED) is 0.705. The lowest BCUT2D eigenvalue weighted by Gasteiger charge is -2.12. The predicted molar refractivity (Wildman–Crippen MR) is 97.2 cm³/mol. The molecule has 27 heavy (non-hydrogen) atoms. The van der Waals surface area contributed by atoms with Crippen LogP contribution in [-0.2, 0) is 12.6 Å². The lowest BCUT2D eigenvalue weighted by molar-refractivity contribution is -0.137. The molecule has 1 heterocycles. The van der Waals surface area contributed by atoms with Crippen molar-refractivity contribution >= 4 is 5.91 Å². The van der Waals surface area contributed by atoms with Gasteiger partial charge in [-0.1, -0.05) is 42.5 Å². The third-order valence-corrected chi connectivity index (χ3v) is 4.13. The van der Waals surface area contributed by atoms with Crippen molar-refractivity contribution < 1.29 is 18.0 Å². The molecule has 1 aromatic heterocycles. The van der Waals surface area contributed by atoms with E-state index in [4.69, 9.17) is 0 Å². The fraction of sp³-hybridized carbons (Fsp3) is 0.143. The molecular formula is C21H17F3N2O. The number of hydrogen-bond acceptors (Lipinski definition) is 2. The zero-order chi connectivity index (χ0) is 19.3. The van der Waals surface area contributed by atoms with Gasteiger partial charge in [-0.05, 0) is 41.3 Å². The Morgan fingerprint density at radius 2 is 1.67 bits per heavy atom. The Labute approximate surface area is 154 Å². The number of alkyl halides is 3. The Bertz CT molecular complexity index is 907. The monoisotopic (exact) mass is 370 g/mol. The number of amides is 1. The van der Waals surface area contributed by atoms with Gasteiger partial charge < -0.3 is 5.32 Å². The molecule has 0 fully saturated rings.